The smallest absolute Gasteiger partial charge is 0.335 e. The second-order valence-electron chi connectivity index (χ2n) is 12.3. The fourth-order valence-corrected chi connectivity index (χ4v) is 9.22. The van der Waals surface area contributed by atoms with Gasteiger partial charge in [0.2, 0.25) is 0 Å². The summed E-state index contributed by atoms with van der Waals surface area (Å²) in [6.07, 6.45) is -3.83. The number of aliphatic carboxylic acids is 1. The summed E-state index contributed by atoms with van der Waals surface area (Å²) in [7, 11) is 0. The minimum atomic E-state index is -1.85. The van der Waals surface area contributed by atoms with Crippen molar-refractivity contribution in [1.29, 1.82) is 0 Å². The van der Waals surface area contributed by atoms with E-state index >= 15 is 0 Å². The van der Waals surface area contributed by atoms with Gasteiger partial charge in [0.05, 0.1) is 6.10 Å². The Bertz CT molecular complexity index is 1060. The third-order valence-electron chi connectivity index (χ3n) is 10.8. The number of carboxylic acid groups (broad SMARTS) is 1. The summed E-state index contributed by atoms with van der Waals surface area (Å²) >= 11 is 0. The number of aliphatic hydroxyl groups is 4. The van der Waals surface area contributed by atoms with Gasteiger partial charge in [-0.1, -0.05) is 12.5 Å². The number of ketones is 2. The average molecular weight is 537 g/mol. The predicted molar refractivity (Wildman–Crippen MR) is 126 cm³/mol. The third kappa shape index (κ3) is 3.56. The maximum Gasteiger partial charge on any atom is 0.335 e. The quantitative estimate of drug-likeness (QED) is 0.317. The van der Waals surface area contributed by atoms with Gasteiger partial charge in [-0.25, -0.2) is 4.79 Å². The van der Waals surface area contributed by atoms with Gasteiger partial charge in [-0.05, 0) is 67.8 Å². The molecular weight excluding hydrogens is 500 g/mol. The molecule has 11 nitrogen and oxygen atoms in total. The molecule has 13 atom stereocenters. The molecule has 0 radical (unpaired) electrons. The highest BCUT2D eigenvalue weighted by Gasteiger charge is 2.72. The second-order valence-corrected chi connectivity index (χ2v) is 12.3. The van der Waals surface area contributed by atoms with Crippen LogP contribution in [0.15, 0.2) is 11.6 Å². The van der Waals surface area contributed by atoms with Crippen LogP contribution < -0.4 is 0 Å². The maximum atomic E-state index is 13.0. The number of carboxylic acids is 1. The molecule has 3 saturated carbocycles. The van der Waals surface area contributed by atoms with Gasteiger partial charge in [0.25, 0.3) is 0 Å². The molecule has 0 aromatic rings. The Morgan fingerprint density at radius 1 is 1.08 bits per heavy atom. The summed E-state index contributed by atoms with van der Waals surface area (Å²) in [5.74, 6) is -1.93. The number of hydrogen-bond acceptors (Lipinski definition) is 10. The van der Waals surface area contributed by atoms with E-state index in [9.17, 15) is 39.9 Å². The van der Waals surface area contributed by atoms with E-state index in [2.05, 4.69) is 6.92 Å². The van der Waals surface area contributed by atoms with Crippen molar-refractivity contribution >= 4 is 17.5 Å². The standard InChI is InChI=1S/C27H36O11/c1-26-7-6-12(29)8-11(26)2-3-13-14-4-5-15(16(30)10-28)27(14)9-17(18(13)26)36-25(27)38-24-21(33)19(31)20(32)22(37-24)23(34)35/h8,13-15,17-22,24-25,28,31-33H,2-7,9-10H2,1H3,(H,34,35)/t13-,14-,15+,17-,18+,19-,20-,21+,22-,24-,25?,26-,27+/m0/s1. The molecule has 2 saturated heterocycles. The van der Waals surface area contributed by atoms with Crippen LogP contribution in [-0.4, -0.2) is 92.8 Å². The highest BCUT2D eigenvalue weighted by Crippen LogP contribution is 2.71. The molecule has 1 unspecified atom stereocenters. The highest BCUT2D eigenvalue weighted by atomic mass is 16.8. The lowest BCUT2D eigenvalue weighted by Crippen LogP contribution is -2.62. The van der Waals surface area contributed by atoms with Crippen LogP contribution >= 0.6 is 0 Å². The van der Waals surface area contributed by atoms with Crippen molar-refractivity contribution in [3.05, 3.63) is 11.6 Å². The first-order valence-electron chi connectivity index (χ1n) is 13.6. The number of hydrogen-bond donors (Lipinski definition) is 5. The minimum Gasteiger partial charge on any atom is -0.479 e. The molecule has 0 amide bonds. The van der Waals surface area contributed by atoms with Gasteiger partial charge in [0.1, 0.15) is 24.9 Å². The van der Waals surface area contributed by atoms with Crippen LogP contribution in [0.25, 0.3) is 0 Å². The van der Waals surface area contributed by atoms with Crippen LogP contribution in [0.4, 0.5) is 0 Å². The van der Waals surface area contributed by atoms with Crippen molar-refractivity contribution < 1.29 is 54.1 Å². The number of carbonyl (C=O) groups is 3. The van der Waals surface area contributed by atoms with Gasteiger partial charge in [0.15, 0.2) is 30.3 Å². The van der Waals surface area contributed by atoms with E-state index in [1.165, 1.54) is 0 Å². The van der Waals surface area contributed by atoms with E-state index in [0.29, 0.717) is 19.3 Å². The fraction of sp³-hybridized carbons (Fsp3) is 0.815. The summed E-state index contributed by atoms with van der Waals surface area (Å²) in [4.78, 5) is 36.9. The molecule has 210 valence electrons. The zero-order valence-corrected chi connectivity index (χ0v) is 21.3. The molecule has 2 bridgehead atoms. The third-order valence-corrected chi connectivity index (χ3v) is 10.8. The van der Waals surface area contributed by atoms with E-state index in [1.54, 1.807) is 6.08 Å². The van der Waals surface area contributed by atoms with Gasteiger partial charge < -0.3 is 39.7 Å². The molecule has 5 fully saturated rings. The first-order chi connectivity index (χ1) is 18.0. The van der Waals surface area contributed by atoms with Gasteiger partial charge in [-0.15, -0.1) is 0 Å². The van der Waals surface area contributed by atoms with Crippen LogP contribution in [-0.2, 0) is 28.6 Å². The predicted octanol–water partition coefficient (Wildman–Crippen LogP) is -0.0804. The normalized spacial score (nSPS) is 51.6. The van der Waals surface area contributed by atoms with Crippen molar-refractivity contribution in [3.63, 3.8) is 0 Å². The van der Waals surface area contributed by atoms with Crippen molar-refractivity contribution in [1.82, 2.24) is 0 Å². The van der Waals surface area contributed by atoms with Crippen molar-refractivity contribution in [2.75, 3.05) is 6.61 Å². The lowest BCUT2D eigenvalue weighted by atomic mass is 9.46. The summed E-state index contributed by atoms with van der Waals surface area (Å²) < 4.78 is 18.2. The molecule has 0 aromatic carbocycles. The van der Waals surface area contributed by atoms with E-state index in [4.69, 9.17) is 14.2 Å². The summed E-state index contributed by atoms with van der Waals surface area (Å²) in [6.45, 7) is 1.58. The summed E-state index contributed by atoms with van der Waals surface area (Å²) in [6, 6.07) is 0. The first-order valence-corrected chi connectivity index (χ1v) is 13.6. The monoisotopic (exact) mass is 536 g/mol. The van der Waals surface area contributed by atoms with Gasteiger partial charge >= 0.3 is 5.97 Å². The molecule has 0 aromatic heterocycles. The molecule has 5 N–H and O–H groups in total. The topological polar surface area (TPSA) is 180 Å². The van der Waals surface area contributed by atoms with Crippen LogP contribution in [0.5, 0.6) is 0 Å². The Kier molecular flexibility index (Phi) is 6.38. The number of aliphatic hydroxyl groups excluding tert-OH is 4. The van der Waals surface area contributed by atoms with Crippen molar-refractivity contribution in [3.8, 4) is 0 Å². The number of carbonyl (C=O) groups excluding carboxylic acids is 2. The molecule has 11 heteroatoms. The molecule has 2 heterocycles. The molecule has 2 aliphatic heterocycles. The van der Waals surface area contributed by atoms with Crippen LogP contribution in [0.3, 0.4) is 0 Å². The van der Waals surface area contributed by atoms with Gasteiger partial charge in [-0.2, -0.15) is 0 Å². The van der Waals surface area contributed by atoms with Crippen LogP contribution in [0.2, 0.25) is 0 Å². The van der Waals surface area contributed by atoms with E-state index in [1.807, 2.05) is 0 Å². The SMILES string of the molecule is C[C@]12CCC(=O)C=C1CC[C@@H]1[C@@H]2[C@@H]2C[C@]3(C(O[C@@H]4O[C@H](C(=O)O)[C@@H](O)[C@H](O)[C@H]4O)O2)[C@@H](C(=O)CO)CC[C@@H]13. The summed E-state index contributed by atoms with van der Waals surface area (Å²) in [5, 5.41) is 50.3. The lowest BCUT2D eigenvalue weighted by Gasteiger charge is -2.57. The second kappa shape index (κ2) is 9.15. The number of ether oxygens (including phenoxy) is 3. The Morgan fingerprint density at radius 3 is 2.55 bits per heavy atom. The first kappa shape index (κ1) is 26.5. The maximum absolute atomic E-state index is 13.0. The molecule has 4 aliphatic carbocycles. The Balaban J connectivity index is 1.37. The number of rotatable bonds is 5. The Morgan fingerprint density at radius 2 is 1.84 bits per heavy atom. The molecular formula is C27H36O11. The van der Waals surface area contributed by atoms with Crippen molar-refractivity contribution in [2.24, 2.45) is 34.5 Å². The van der Waals surface area contributed by atoms with E-state index in [0.717, 1.165) is 31.3 Å². The molecule has 38 heavy (non-hydrogen) atoms. The number of fused-ring (bicyclic) bond motifs is 6. The molecule has 6 aliphatic rings. The van der Waals surface area contributed by atoms with E-state index < -0.39 is 60.9 Å². The average Bonchev–Trinajstić information content (AvgIpc) is 3.42. The zero-order chi connectivity index (χ0) is 27.1. The number of Topliss-reactive ketones (excluding diaryl/α,β-unsaturated/α-hetero) is 1. The van der Waals surface area contributed by atoms with Crippen molar-refractivity contribution in [2.45, 2.75) is 95.0 Å². The zero-order valence-electron chi connectivity index (χ0n) is 21.3. The Labute approximate surface area is 219 Å². The van der Waals surface area contributed by atoms with Crippen LogP contribution in [0, 0.1) is 34.5 Å². The highest BCUT2D eigenvalue weighted by molar-refractivity contribution is 5.91. The minimum absolute atomic E-state index is 0.0132. The van der Waals surface area contributed by atoms with E-state index in [-0.39, 0.29) is 40.8 Å². The largest absolute Gasteiger partial charge is 0.479 e. The lowest BCUT2D eigenvalue weighted by molar-refractivity contribution is -0.341. The molecule has 1 spiro atoms. The van der Waals surface area contributed by atoms with Crippen LogP contribution in [0.1, 0.15) is 51.9 Å². The number of allylic oxidation sites excluding steroid dienone is 1. The summed E-state index contributed by atoms with van der Waals surface area (Å²) in [5.41, 5.74) is 0.0946. The van der Waals surface area contributed by atoms with Gasteiger partial charge in [-0.3, -0.25) is 9.59 Å². The van der Waals surface area contributed by atoms with Gasteiger partial charge in [0, 0.05) is 17.8 Å². The fourth-order valence-electron chi connectivity index (χ4n) is 9.22. The Hall–Kier alpha value is -1.73. The molecule has 6 rings (SSSR count).